The molecule has 0 radical (unpaired) electrons. The molecule has 0 spiro atoms. The van der Waals surface area contributed by atoms with Gasteiger partial charge in [-0.25, -0.2) is 4.68 Å². The number of esters is 1. The second-order valence-corrected chi connectivity index (χ2v) is 19.6. The van der Waals surface area contributed by atoms with Gasteiger partial charge in [0.1, 0.15) is 29.7 Å². The molecule has 4 N–H and O–H groups in total. The molecule has 2 aromatic rings. The maximum Gasteiger partial charge on any atom is 0.311 e. The molecule has 18 nitrogen and oxygen atoms in total. The molecular formula is C47H77N5O13. The second kappa shape index (κ2) is 22.0. The Hall–Kier alpha value is -3.01. The first-order valence-corrected chi connectivity index (χ1v) is 23.2. The van der Waals surface area contributed by atoms with Crippen molar-refractivity contribution in [3.8, 4) is 0 Å². The van der Waals surface area contributed by atoms with E-state index in [0.29, 0.717) is 25.9 Å². The fraction of sp³-hybridized carbons (Fsp3) is 0.809. The number of carbonyl (C=O) groups excluding carboxylic acids is 2. The fourth-order valence-electron chi connectivity index (χ4n) is 10.2. The van der Waals surface area contributed by atoms with Crippen LogP contribution < -0.4 is 0 Å². The largest absolute Gasteiger partial charge is 0.459 e. The zero-order valence-electron chi connectivity index (χ0n) is 40.7. The minimum absolute atomic E-state index is 0.0763. The first-order chi connectivity index (χ1) is 30.5. The van der Waals surface area contributed by atoms with Crippen molar-refractivity contribution in [2.75, 3.05) is 27.8 Å². The molecule has 2 aromatic heterocycles. The van der Waals surface area contributed by atoms with E-state index in [0.717, 1.165) is 11.4 Å². The Kier molecular flexibility index (Phi) is 17.9. The van der Waals surface area contributed by atoms with E-state index >= 15 is 0 Å². The number of likely N-dealkylation sites (N-methyl/N-ethyl adjacent to an activating group) is 1. The number of aromatic nitrogens is 4. The molecule has 5 heterocycles. The number of aliphatic hydroxyl groups is 4. The summed E-state index contributed by atoms with van der Waals surface area (Å²) in [6.07, 6.45) is -5.23. The van der Waals surface area contributed by atoms with Crippen LogP contribution in [0.25, 0.3) is 0 Å². The lowest BCUT2D eigenvalue weighted by Gasteiger charge is -2.50. The number of cyclic esters (lactones) is 1. The van der Waals surface area contributed by atoms with Gasteiger partial charge in [0.2, 0.25) is 0 Å². The Bertz CT molecular complexity index is 1840. The lowest BCUT2D eigenvalue weighted by atomic mass is 9.74. The van der Waals surface area contributed by atoms with Crippen LogP contribution in [0.3, 0.4) is 0 Å². The van der Waals surface area contributed by atoms with Crippen molar-refractivity contribution in [3.05, 3.63) is 42.0 Å². The molecule has 0 aliphatic carbocycles. The quantitative estimate of drug-likeness (QED) is 0.212. The highest BCUT2D eigenvalue weighted by Crippen LogP contribution is 2.42. The zero-order chi connectivity index (χ0) is 48.2. The number of pyridine rings is 1. The van der Waals surface area contributed by atoms with Crippen molar-refractivity contribution in [2.45, 2.75) is 192 Å². The van der Waals surface area contributed by atoms with Crippen molar-refractivity contribution in [3.63, 3.8) is 0 Å². The predicted molar refractivity (Wildman–Crippen MR) is 237 cm³/mol. The summed E-state index contributed by atoms with van der Waals surface area (Å²) in [5.74, 6) is -4.67. The van der Waals surface area contributed by atoms with E-state index in [1.807, 2.05) is 45.3 Å². The van der Waals surface area contributed by atoms with Crippen LogP contribution in [0.5, 0.6) is 0 Å². The van der Waals surface area contributed by atoms with Crippen LogP contribution in [0.1, 0.15) is 106 Å². The summed E-state index contributed by atoms with van der Waals surface area (Å²) in [5, 5.41) is 55.3. The van der Waals surface area contributed by atoms with Gasteiger partial charge in [-0.3, -0.25) is 14.6 Å². The van der Waals surface area contributed by atoms with Crippen molar-refractivity contribution < 1.29 is 63.2 Å². The van der Waals surface area contributed by atoms with Gasteiger partial charge in [-0.2, -0.15) is 0 Å². The van der Waals surface area contributed by atoms with Crippen molar-refractivity contribution in [1.29, 1.82) is 0 Å². The minimum atomic E-state index is -1.99. The molecular weight excluding hydrogens is 843 g/mol. The zero-order valence-corrected chi connectivity index (χ0v) is 40.7. The Morgan fingerprint density at radius 2 is 1.60 bits per heavy atom. The lowest BCUT2D eigenvalue weighted by molar-refractivity contribution is -0.319. The summed E-state index contributed by atoms with van der Waals surface area (Å²) in [6.45, 7) is 18.1. The van der Waals surface area contributed by atoms with Gasteiger partial charge < -0.3 is 58.5 Å². The summed E-state index contributed by atoms with van der Waals surface area (Å²) in [7, 11) is 4.94. The molecule has 0 aromatic carbocycles. The van der Waals surface area contributed by atoms with Crippen LogP contribution in [0.15, 0.2) is 30.6 Å². The molecule has 3 aliphatic heterocycles. The molecule has 18 heteroatoms. The summed E-state index contributed by atoms with van der Waals surface area (Å²) in [4.78, 5) is 35.1. The summed E-state index contributed by atoms with van der Waals surface area (Å²) < 4.78 is 46.4. The van der Waals surface area contributed by atoms with Gasteiger partial charge in [-0.1, -0.05) is 39.0 Å². The number of Topliss-reactive ketones (excluding diaryl/α,β-unsaturated/α-hetero) is 1. The monoisotopic (exact) mass is 920 g/mol. The van der Waals surface area contributed by atoms with Crippen molar-refractivity contribution >= 4 is 11.8 Å². The number of nitrogens with zero attached hydrogens (tertiary/aromatic N) is 5. The van der Waals surface area contributed by atoms with Gasteiger partial charge in [0.15, 0.2) is 12.6 Å². The van der Waals surface area contributed by atoms with E-state index in [4.69, 9.17) is 33.2 Å². The van der Waals surface area contributed by atoms with E-state index in [1.165, 1.54) is 21.1 Å². The van der Waals surface area contributed by atoms with E-state index in [-0.39, 0.29) is 31.1 Å². The van der Waals surface area contributed by atoms with Crippen LogP contribution in [0, 0.1) is 23.7 Å². The van der Waals surface area contributed by atoms with E-state index in [1.54, 1.807) is 59.3 Å². The standard InChI is InChI=1S/C47H77N5O13/c1-14-35-47(10,58)40(55)28(4)37(53)26(2)22-46(9,60-13)42(29(5)39(30(6)43(57)63-35)64-36-23-45(8,59-12)41(56)31(7)62-36)65-44-38(54)34(21-27(3)61-44)51(11)20-18-33-25-52(50-49-33)24-32-17-15-16-19-48-32/h15-17,19,25-31,34-36,38-42,44,54-56,58H,14,18,20-24H2,1-13H3/t26-,27-,28+,29+,30-,31+,34+,35-,36+,38-,39+,40-,41+,42-,44+,45-,46-,47-/m1/s1. The van der Waals surface area contributed by atoms with Crippen LogP contribution in [0.2, 0.25) is 0 Å². The van der Waals surface area contributed by atoms with Crippen LogP contribution in [-0.2, 0) is 55.7 Å². The van der Waals surface area contributed by atoms with E-state index < -0.39 is 108 Å². The predicted octanol–water partition coefficient (Wildman–Crippen LogP) is 3.09. The molecule has 3 aliphatic rings. The average Bonchev–Trinajstić information content (AvgIpc) is 3.73. The number of ketones is 1. The first-order valence-electron chi connectivity index (χ1n) is 23.2. The fourth-order valence-corrected chi connectivity index (χ4v) is 10.2. The van der Waals surface area contributed by atoms with Gasteiger partial charge in [0.25, 0.3) is 0 Å². The Morgan fingerprint density at radius 3 is 2.23 bits per heavy atom. The maximum absolute atomic E-state index is 14.4. The molecule has 3 fully saturated rings. The summed E-state index contributed by atoms with van der Waals surface area (Å²) >= 11 is 0. The third-order valence-corrected chi connectivity index (χ3v) is 14.5. The van der Waals surface area contributed by atoms with E-state index in [9.17, 15) is 30.0 Å². The maximum atomic E-state index is 14.4. The van der Waals surface area contributed by atoms with Crippen LogP contribution in [-0.4, -0.2) is 169 Å². The molecule has 0 saturated carbocycles. The van der Waals surface area contributed by atoms with Crippen LogP contribution in [0.4, 0.5) is 0 Å². The molecule has 0 unspecified atom stereocenters. The number of hydrogen-bond acceptors (Lipinski definition) is 17. The van der Waals surface area contributed by atoms with Gasteiger partial charge >= 0.3 is 5.97 Å². The first kappa shape index (κ1) is 53.0. The number of carbonyl (C=O) groups is 2. The molecule has 18 atom stereocenters. The van der Waals surface area contributed by atoms with Crippen molar-refractivity contribution in [1.82, 2.24) is 24.9 Å². The van der Waals surface area contributed by atoms with Crippen LogP contribution >= 0.6 is 0 Å². The van der Waals surface area contributed by atoms with E-state index in [2.05, 4.69) is 20.2 Å². The average molecular weight is 920 g/mol. The highest BCUT2D eigenvalue weighted by molar-refractivity contribution is 5.83. The molecule has 0 amide bonds. The SMILES string of the molecule is CC[C@H]1OC(=O)[C@H](C)[C@@H](O[C@H]2C[C@@](C)(OC)[C@@H](O)[C@H](C)O2)[C@H](C)[C@@H](O[C@@H]2O[C@H](C)C[C@H](N(C)CCc3cn(Cc4ccccn4)nn3)[C@H]2O)[C@](C)(OC)C[C@@H](C)C(=O)[C@H](C)[C@@H](O)[C@]1(C)O. The molecule has 3 saturated heterocycles. The van der Waals surface area contributed by atoms with Gasteiger partial charge in [0, 0.05) is 69.8 Å². The summed E-state index contributed by atoms with van der Waals surface area (Å²) in [5.41, 5.74) is -2.71. The van der Waals surface area contributed by atoms with Gasteiger partial charge in [-0.15, -0.1) is 5.10 Å². The van der Waals surface area contributed by atoms with Gasteiger partial charge in [-0.05, 0) is 80.0 Å². The minimum Gasteiger partial charge on any atom is -0.459 e. The summed E-state index contributed by atoms with van der Waals surface area (Å²) in [6, 6.07) is 5.31. The number of rotatable bonds is 13. The Morgan fingerprint density at radius 1 is 0.908 bits per heavy atom. The Labute approximate surface area is 384 Å². The third kappa shape index (κ3) is 12.0. The molecule has 65 heavy (non-hydrogen) atoms. The number of methoxy groups -OCH3 is 2. The molecule has 5 rings (SSSR count). The number of ether oxygens (including phenoxy) is 7. The topological polar surface area (TPSA) is 227 Å². The van der Waals surface area contributed by atoms with Crippen molar-refractivity contribution in [2.24, 2.45) is 23.7 Å². The molecule has 368 valence electrons. The Balaban J connectivity index is 1.49. The van der Waals surface area contributed by atoms with Gasteiger partial charge in [0.05, 0.1) is 65.6 Å². The second-order valence-electron chi connectivity index (χ2n) is 19.6. The number of aliphatic hydroxyl groups excluding tert-OH is 3. The smallest absolute Gasteiger partial charge is 0.311 e. The normalized spacial score (nSPS) is 41.5. The lowest BCUT2D eigenvalue weighted by Crippen LogP contribution is -2.61. The highest BCUT2D eigenvalue weighted by Gasteiger charge is 2.54. The highest BCUT2D eigenvalue weighted by atomic mass is 16.7. The molecule has 0 bridgehead atoms. The third-order valence-electron chi connectivity index (χ3n) is 14.5. The number of hydrogen-bond donors (Lipinski definition) is 4.